The van der Waals surface area contributed by atoms with Gasteiger partial charge < -0.3 is 5.11 Å². The fraction of sp³-hybridized carbons (Fsp3) is 1.00. The molecule has 11 heavy (non-hydrogen) atoms. The van der Waals surface area contributed by atoms with E-state index >= 15 is 0 Å². The first-order chi connectivity index (χ1) is 5.06. The summed E-state index contributed by atoms with van der Waals surface area (Å²) >= 11 is 0. The van der Waals surface area contributed by atoms with Crippen molar-refractivity contribution in [3.8, 4) is 0 Å². The van der Waals surface area contributed by atoms with Crippen molar-refractivity contribution in [1.82, 2.24) is 4.90 Å². The van der Waals surface area contributed by atoms with E-state index < -0.39 is 12.5 Å². The molecular formula is C7H15F2NO. The van der Waals surface area contributed by atoms with E-state index in [0.717, 1.165) is 0 Å². The molecule has 1 N–H and O–H groups in total. The summed E-state index contributed by atoms with van der Waals surface area (Å²) in [5.41, 5.74) is 0. The predicted molar refractivity (Wildman–Crippen MR) is 39.8 cm³/mol. The van der Waals surface area contributed by atoms with Gasteiger partial charge in [-0.15, -0.1) is 0 Å². The van der Waals surface area contributed by atoms with E-state index in [1.54, 1.807) is 7.05 Å². The van der Waals surface area contributed by atoms with Crippen LogP contribution in [0.25, 0.3) is 0 Å². The first-order valence-electron chi connectivity index (χ1n) is 3.71. The van der Waals surface area contributed by atoms with E-state index in [-0.39, 0.29) is 6.54 Å². The summed E-state index contributed by atoms with van der Waals surface area (Å²) < 4.78 is 23.4. The van der Waals surface area contributed by atoms with Crippen LogP contribution in [-0.2, 0) is 0 Å². The van der Waals surface area contributed by atoms with Gasteiger partial charge in [-0.2, -0.15) is 0 Å². The van der Waals surface area contributed by atoms with Crippen LogP contribution in [0.3, 0.4) is 0 Å². The summed E-state index contributed by atoms with van der Waals surface area (Å²) in [6, 6.07) is 0. The van der Waals surface area contributed by atoms with Crippen molar-refractivity contribution < 1.29 is 13.9 Å². The fourth-order valence-corrected chi connectivity index (χ4v) is 0.799. The van der Waals surface area contributed by atoms with E-state index in [9.17, 15) is 8.78 Å². The maximum atomic E-state index is 11.7. The second-order valence-corrected chi connectivity index (χ2v) is 2.67. The Morgan fingerprint density at radius 1 is 1.36 bits per heavy atom. The molecule has 0 heterocycles. The van der Waals surface area contributed by atoms with Crippen molar-refractivity contribution in [3.05, 3.63) is 0 Å². The van der Waals surface area contributed by atoms with E-state index in [1.165, 1.54) is 4.90 Å². The summed E-state index contributed by atoms with van der Waals surface area (Å²) in [7, 11) is 1.57. The standard InChI is InChI=1S/C7H15F2NO/c1-3-6(11)4-10(2)5-7(8)9/h6-7,11H,3-5H2,1-2H3. The smallest absolute Gasteiger partial charge is 0.251 e. The van der Waals surface area contributed by atoms with Crippen LogP contribution in [0.5, 0.6) is 0 Å². The molecule has 68 valence electrons. The number of aliphatic hydroxyl groups excluding tert-OH is 1. The molecule has 0 aliphatic carbocycles. The summed E-state index contributed by atoms with van der Waals surface area (Å²) in [6.07, 6.45) is -2.20. The maximum absolute atomic E-state index is 11.7. The average Bonchev–Trinajstić information content (AvgIpc) is 1.85. The maximum Gasteiger partial charge on any atom is 0.251 e. The summed E-state index contributed by atoms with van der Waals surface area (Å²) in [5, 5.41) is 9.05. The summed E-state index contributed by atoms with van der Waals surface area (Å²) in [4.78, 5) is 1.43. The van der Waals surface area contributed by atoms with Crippen LogP contribution in [-0.4, -0.2) is 42.7 Å². The van der Waals surface area contributed by atoms with Crippen molar-refractivity contribution in [2.24, 2.45) is 0 Å². The third kappa shape index (κ3) is 6.19. The van der Waals surface area contributed by atoms with Crippen molar-refractivity contribution >= 4 is 0 Å². The summed E-state index contributed by atoms with van der Waals surface area (Å²) in [6.45, 7) is 1.87. The molecule has 0 aromatic heterocycles. The lowest BCUT2D eigenvalue weighted by Gasteiger charge is -2.18. The van der Waals surface area contributed by atoms with Crippen molar-refractivity contribution in [2.45, 2.75) is 25.9 Å². The zero-order valence-corrected chi connectivity index (χ0v) is 6.93. The Kier molecular flexibility index (Phi) is 5.32. The highest BCUT2D eigenvalue weighted by Gasteiger charge is 2.10. The largest absolute Gasteiger partial charge is 0.392 e. The van der Waals surface area contributed by atoms with E-state index in [0.29, 0.717) is 13.0 Å². The molecule has 0 amide bonds. The highest BCUT2D eigenvalue weighted by molar-refractivity contribution is 4.59. The van der Waals surface area contributed by atoms with Crippen LogP contribution in [0.2, 0.25) is 0 Å². The second-order valence-electron chi connectivity index (χ2n) is 2.67. The van der Waals surface area contributed by atoms with Gasteiger partial charge >= 0.3 is 0 Å². The molecule has 0 spiro atoms. The first-order valence-corrected chi connectivity index (χ1v) is 3.71. The van der Waals surface area contributed by atoms with Crippen LogP contribution in [0.4, 0.5) is 8.78 Å². The number of alkyl halides is 2. The lowest BCUT2D eigenvalue weighted by molar-refractivity contribution is 0.0670. The van der Waals surface area contributed by atoms with Gasteiger partial charge in [-0.1, -0.05) is 6.92 Å². The number of hydrogen-bond donors (Lipinski definition) is 1. The van der Waals surface area contributed by atoms with Gasteiger partial charge in [0, 0.05) is 6.54 Å². The van der Waals surface area contributed by atoms with Crippen LogP contribution in [0, 0.1) is 0 Å². The monoisotopic (exact) mass is 167 g/mol. The minimum Gasteiger partial charge on any atom is -0.392 e. The fourth-order valence-electron chi connectivity index (χ4n) is 0.799. The molecule has 0 fully saturated rings. The van der Waals surface area contributed by atoms with Gasteiger partial charge in [0.15, 0.2) is 0 Å². The van der Waals surface area contributed by atoms with Crippen LogP contribution in [0.15, 0.2) is 0 Å². The van der Waals surface area contributed by atoms with Crippen molar-refractivity contribution in [3.63, 3.8) is 0 Å². The minimum absolute atomic E-state index is 0.267. The molecule has 0 saturated heterocycles. The normalized spacial score (nSPS) is 14.5. The second kappa shape index (κ2) is 5.43. The van der Waals surface area contributed by atoms with Gasteiger partial charge in [-0.25, -0.2) is 8.78 Å². The molecular weight excluding hydrogens is 152 g/mol. The number of rotatable bonds is 5. The van der Waals surface area contributed by atoms with Crippen LogP contribution < -0.4 is 0 Å². The molecule has 1 atom stereocenters. The third-order valence-corrected chi connectivity index (χ3v) is 1.44. The topological polar surface area (TPSA) is 23.5 Å². The van der Waals surface area contributed by atoms with Crippen LogP contribution in [0.1, 0.15) is 13.3 Å². The molecule has 0 aliphatic heterocycles. The SMILES string of the molecule is CCC(O)CN(C)CC(F)F. The van der Waals surface area contributed by atoms with Gasteiger partial charge in [0.1, 0.15) is 0 Å². The highest BCUT2D eigenvalue weighted by atomic mass is 19.3. The molecule has 2 nitrogen and oxygen atoms in total. The number of aliphatic hydroxyl groups is 1. The zero-order valence-electron chi connectivity index (χ0n) is 6.93. The molecule has 0 rings (SSSR count). The van der Waals surface area contributed by atoms with Crippen LogP contribution >= 0.6 is 0 Å². The Labute approximate surface area is 65.8 Å². The van der Waals surface area contributed by atoms with Gasteiger partial charge in [0.2, 0.25) is 0 Å². The third-order valence-electron chi connectivity index (χ3n) is 1.44. The van der Waals surface area contributed by atoms with E-state index in [4.69, 9.17) is 5.11 Å². The predicted octanol–water partition coefficient (Wildman–Crippen LogP) is 0.954. The van der Waals surface area contributed by atoms with E-state index in [2.05, 4.69) is 0 Å². The Bertz CT molecular complexity index is 100. The molecule has 0 aromatic rings. The Balaban J connectivity index is 3.43. The number of hydrogen-bond acceptors (Lipinski definition) is 2. The highest BCUT2D eigenvalue weighted by Crippen LogP contribution is 1.98. The Morgan fingerprint density at radius 2 is 1.91 bits per heavy atom. The molecule has 1 unspecified atom stereocenters. The zero-order chi connectivity index (χ0) is 8.85. The number of nitrogens with zero attached hydrogens (tertiary/aromatic N) is 1. The number of likely N-dealkylation sites (N-methyl/N-ethyl adjacent to an activating group) is 1. The average molecular weight is 167 g/mol. The van der Waals surface area contributed by atoms with Gasteiger partial charge in [-0.05, 0) is 13.5 Å². The van der Waals surface area contributed by atoms with Crippen molar-refractivity contribution in [2.75, 3.05) is 20.1 Å². The van der Waals surface area contributed by atoms with E-state index in [1.807, 2.05) is 6.92 Å². The van der Waals surface area contributed by atoms with Crippen molar-refractivity contribution in [1.29, 1.82) is 0 Å². The van der Waals surface area contributed by atoms with Gasteiger partial charge in [0.05, 0.1) is 12.6 Å². The molecule has 0 aromatic carbocycles. The molecule has 0 bridgehead atoms. The molecule has 0 radical (unpaired) electrons. The molecule has 4 heteroatoms. The lowest BCUT2D eigenvalue weighted by atomic mass is 10.2. The van der Waals surface area contributed by atoms with Gasteiger partial charge in [0.25, 0.3) is 6.43 Å². The first kappa shape index (κ1) is 10.8. The molecule has 0 aliphatic rings. The quantitative estimate of drug-likeness (QED) is 0.659. The summed E-state index contributed by atoms with van der Waals surface area (Å²) in [5.74, 6) is 0. The Hall–Kier alpha value is -0.220. The lowest BCUT2D eigenvalue weighted by Crippen LogP contribution is -2.32. The number of halogens is 2. The Morgan fingerprint density at radius 3 is 2.27 bits per heavy atom. The minimum atomic E-state index is -2.32. The molecule has 0 saturated carbocycles. The van der Waals surface area contributed by atoms with Gasteiger partial charge in [-0.3, -0.25) is 4.90 Å².